The number of nitrogens with two attached hydrogens (primary N) is 1. The van der Waals surface area contributed by atoms with Crippen molar-refractivity contribution in [2.24, 2.45) is 0 Å². The Morgan fingerprint density at radius 2 is 1.71 bits per heavy atom. The lowest BCUT2D eigenvalue weighted by Crippen LogP contribution is -2.24. The summed E-state index contributed by atoms with van der Waals surface area (Å²) >= 11 is 0. The number of nitrogen functional groups attached to an aromatic ring is 1. The molecular weight excluding hydrogens is 479 g/mol. The molecule has 0 saturated heterocycles. The van der Waals surface area contributed by atoms with Gasteiger partial charge in [-0.1, -0.05) is 24.3 Å². The van der Waals surface area contributed by atoms with Gasteiger partial charge >= 0.3 is 0 Å². The second kappa shape index (κ2) is 9.26. The van der Waals surface area contributed by atoms with Gasteiger partial charge in [-0.15, -0.1) is 0 Å². The highest BCUT2D eigenvalue weighted by atomic mass is 19.1. The van der Waals surface area contributed by atoms with E-state index < -0.39 is 0 Å². The van der Waals surface area contributed by atoms with E-state index in [-0.39, 0.29) is 23.9 Å². The minimum Gasteiger partial charge on any atom is -0.384 e. The summed E-state index contributed by atoms with van der Waals surface area (Å²) in [4.78, 5) is 19.4. The molecule has 1 amide bonds. The molecule has 0 saturated carbocycles. The van der Waals surface area contributed by atoms with E-state index in [4.69, 9.17) is 10.5 Å². The largest absolute Gasteiger partial charge is 0.384 e. The van der Waals surface area contributed by atoms with E-state index in [0.717, 1.165) is 44.8 Å². The normalized spacial score (nSPS) is 16.7. The number of carbonyl (C=O) groups excluding carboxylic acids is 1. The van der Waals surface area contributed by atoms with E-state index in [2.05, 4.69) is 22.4 Å². The maximum Gasteiger partial charge on any atom is 0.251 e. The van der Waals surface area contributed by atoms with Gasteiger partial charge in [-0.2, -0.15) is 0 Å². The Hall–Kier alpha value is -4.23. The average Bonchev–Trinajstić information content (AvgIpc) is 3.46. The summed E-state index contributed by atoms with van der Waals surface area (Å²) in [6.45, 7) is 6.86. The number of para-hydroxylation sites is 1. The van der Waals surface area contributed by atoms with Gasteiger partial charge in [-0.3, -0.25) is 4.79 Å². The van der Waals surface area contributed by atoms with E-state index >= 15 is 0 Å². The summed E-state index contributed by atoms with van der Waals surface area (Å²) in [5.41, 5.74) is 14.9. The number of carbonyl (C=O) groups is 1. The van der Waals surface area contributed by atoms with Crippen LogP contribution in [0.5, 0.6) is 0 Å². The van der Waals surface area contributed by atoms with Crippen molar-refractivity contribution >= 4 is 23.1 Å². The number of hydrogen-bond donors (Lipinski definition) is 2. The predicted molar refractivity (Wildman–Crippen MR) is 146 cm³/mol. The summed E-state index contributed by atoms with van der Waals surface area (Å²) in [5.74, 6) is 0.0637. The summed E-state index contributed by atoms with van der Waals surface area (Å²) in [6, 6.07) is 20.6. The van der Waals surface area contributed by atoms with Crippen molar-refractivity contribution in [2.45, 2.75) is 39.5 Å². The molecule has 4 aromatic rings. The Kier molecular flexibility index (Phi) is 5.88. The fourth-order valence-corrected chi connectivity index (χ4v) is 5.73. The van der Waals surface area contributed by atoms with Crippen molar-refractivity contribution in [3.05, 3.63) is 117 Å². The van der Waals surface area contributed by atoms with Crippen molar-refractivity contribution in [3.8, 4) is 0 Å². The molecule has 6 rings (SSSR count). The van der Waals surface area contributed by atoms with Crippen LogP contribution in [0.3, 0.4) is 0 Å². The van der Waals surface area contributed by atoms with E-state index in [1.54, 1.807) is 12.1 Å². The first-order chi connectivity index (χ1) is 18.4. The molecule has 7 heteroatoms. The first-order valence-corrected chi connectivity index (χ1v) is 12.8. The zero-order chi connectivity index (χ0) is 26.6. The van der Waals surface area contributed by atoms with E-state index in [1.807, 2.05) is 62.1 Å². The van der Waals surface area contributed by atoms with Crippen molar-refractivity contribution in [3.63, 3.8) is 0 Å². The zero-order valence-corrected chi connectivity index (χ0v) is 21.6. The van der Waals surface area contributed by atoms with Gasteiger partial charge in [-0.05, 0) is 96.6 Å². The molecule has 0 spiro atoms. The molecule has 0 aliphatic carbocycles. The molecule has 2 bridgehead atoms. The van der Waals surface area contributed by atoms with Crippen LogP contribution in [-0.4, -0.2) is 17.4 Å². The van der Waals surface area contributed by atoms with Crippen LogP contribution in [-0.2, 0) is 11.3 Å². The molecule has 3 N–H and O–H groups in total. The fraction of sp³-hybridized carbons (Fsp3) is 0.226. The van der Waals surface area contributed by atoms with Gasteiger partial charge in [0.05, 0.1) is 5.69 Å². The highest BCUT2D eigenvalue weighted by Gasteiger charge is 2.43. The number of halogens is 1. The Balaban J connectivity index is 1.26. The molecule has 2 aliphatic heterocycles. The van der Waals surface area contributed by atoms with Crippen LogP contribution in [0.1, 0.15) is 68.6 Å². The lowest BCUT2D eigenvalue weighted by molar-refractivity contribution is 0.0857. The number of nitrogens with zero attached hydrogens (tertiary/aromatic N) is 2. The molecule has 6 nitrogen and oxygen atoms in total. The lowest BCUT2D eigenvalue weighted by atomic mass is 9.85. The molecule has 3 heterocycles. The lowest BCUT2D eigenvalue weighted by Gasteiger charge is -2.26. The van der Waals surface area contributed by atoms with Gasteiger partial charge in [0.1, 0.15) is 23.8 Å². The van der Waals surface area contributed by atoms with Gasteiger partial charge in [0.15, 0.2) is 0 Å². The summed E-state index contributed by atoms with van der Waals surface area (Å²) in [6.07, 6.45) is -0.423. The van der Waals surface area contributed by atoms with Gasteiger partial charge in [0.2, 0.25) is 0 Å². The number of hydrogen-bond acceptors (Lipinski definition) is 5. The molecule has 1 aromatic heterocycles. The number of pyridine rings is 1. The molecule has 0 radical (unpaired) electrons. The van der Waals surface area contributed by atoms with Crippen LogP contribution < -0.4 is 16.0 Å². The highest BCUT2D eigenvalue weighted by molar-refractivity contribution is 5.94. The number of ether oxygens (including phenoxy) is 1. The van der Waals surface area contributed by atoms with E-state index in [0.29, 0.717) is 30.2 Å². The van der Waals surface area contributed by atoms with Crippen LogP contribution in [0, 0.1) is 19.7 Å². The maximum absolute atomic E-state index is 14.6. The van der Waals surface area contributed by atoms with E-state index in [1.165, 1.54) is 6.07 Å². The van der Waals surface area contributed by atoms with Crippen LogP contribution in [0.15, 0.2) is 66.7 Å². The van der Waals surface area contributed by atoms with Crippen molar-refractivity contribution in [2.75, 3.05) is 17.2 Å². The number of aryl methyl sites for hydroxylation is 2. The fourth-order valence-electron chi connectivity index (χ4n) is 5.73. The Bertz CT molecular complexity index is 1560. The second-order valence-corrected chi connectivity index (χ2v) is 9.86. The molecule has 2 unspecified atom stereocenters. The Labute approximate surface area is 221 Å². The third kappa shape index (κ3) is 3.90. The number of benzene rings is 3. The number of anilines is 3. The number of nitrogens with one attached hydrogen (secondary N) is 1. The molecule has 3 aromatic carbocycles. The smallest absolute Gasteiger partial charge is 0.251 e. The molecule has 2 atom stereocenters. The van der Waals surface area contributed by atoms with Crippen LogP contribution >= 0.6 is 0 Å². The number of amides is 1. The molecular formula is C31H29FN4O2. The van der Waals surface area contributed by atoms with Crippen molar-refractivity contribution in [1.29, 1.82) is 0 Å². The predicted octanol–water partition coefficient (Wildman–Crippen LogP) is 6.03. The monoisotopic (exact) mass is 508 g/mol. The van der Waals surface area contributed by atoms with Crippen LogP contribution in [0.25, 0.3) is 0 Å². The molecule has 2 aliphatic rings. The topological polar surface area (TPSA) is 80.5 Å². The molecule has 0 fully saturated rings. The van der Waals surface area contributed by atoms with Gasteiger partial charge in [-0.25, -0.2) is 9.37 Å². The standard InChI is InChI=1S/C31H29FN4O2/c1-4-36(27-8-6-5-7-26(27)32)20-10-12-22-24(15-20)30-23-14-19(9-11-21(23)29(22)38-30)31(37)34-16-25-17(2)13-28(33)35-18(25)3/h5-15,29-30H,4,16H2,1-3H3,(H2,33,35)(H,34,37). The third-order valence-electron chi connectivity index (χ3n) is 7.59. The Morgan fingerprint density at radius 1 is 1.00 bits per heavy atom. The van der Waals surface area contributed by atoms with E-state index in [9.17, 15) is 9.18 Å². The number of fused-ring (bicyclic) bond motifs is 8. The van der Waals surface area contributed by atoms with Crippen LogP contribution in [0.4, 0.5) is 21.6 Å². The minimum absolute atomic E-state index is 0.156. The first-order valence-electron chi connectivity index (χ1n) is 12.8. The summed E-state index contributed by atoms with van der Waals surface area (Å²) in [7, 11) is 0. The van der Waals surface area contributed by atoms with Crippen molar-refractivity contribution < 1.29 is 13.9 Å². The molecule has 192 valence electrons. The zero-order valence-electron chi connectivity index (χ0n) is 21.6. The first kappa shape index (κ1) is 24.1. The SMILES string of the molecule is CCN(c1ccc2c(c1)C1OC2c2ccc(C(=O)NCc3c(C)cc(N)nc3C)cc21)c1ccccc1F. The van der Waals surface area contributed by atoms with Gasteiger partial charge in [0.25, 0.3) is 5.91 Å². The minimum atomic E-state index is -0.261. The summed E-state index contributed by atoms with van der Waals surface area (Å²) in [5, 5.41) is 3.02. The number of aromatic nitrogens is 1. The molecule has 38 heavy (non-hydrogen) atoms. The second-order valence-electron chi connectivity index (χ2n) is 9.86. The third-order valence-corrected chi connectivity index (χ3v) is 7.59. The quantitative estimate of drug-likeness (QED) is 0.332. The highest BCUT2D eigenvalue weighted by Crippen LogP contribution is 2.55. The summed E-state index contributed by atoms with van der Waals surface area (Å²) < 4.78 is 20.9. The van der Waals surface area contributed by atoms with Crippen LogP contribution in [0.2, 0.25) is 0 Å². The van der Waals surface area contributed by atoms with Gasteiger partial charge in [0, 0.05) is 30.0 Å². The maximum atomic E-state index is 14.6. The van der Waals surface area contributed by atoms with Gasteiger partial charge < -0.3 is 20.7 Å². The van der Waals surface area contributed by atoms with Crippen molar-refractivity contribution in [1.82, 2.24) is 10.3 Å². The average molecular weight is 509 g/mol. The number of rotatable bonds is 6. The Morgan fingerprint density at radius 3 is 2.45 bits per heavy atom.